The summed E-state index contributed by atoms with van der Waals surface area (Å²) >= 11 is 2.32. The van der Waals surface area contributed by atoms with Gasteiger partial charge in [-0.1, -0.05) is 36.4 Å². The smallest absolute Gasteiger partial charge is 0.340 e. The molecule has 0 radical (unpaired) electrons. The summed E-state index contributed by atoms with van der Waals surface area (Å²) in [5.41, 5.74) is 4.95. The van der Waals surface area contributed by atoms with Crippen molar-refractivity contribution >= 4 is 45.6 Å². The third-order valence-electron chi connectivity index (χ3n) is 6.97. The number of halogens is 1. The van der Waals surface area contributed by atoms with Crippen LogP contribution in [0.1, 0.15) is 40.9 Å². The lowest BCUT2D eigenvalue weighted by molar-refractivity contribution is 0.0224. The van der Waals surface area contributed by atoms with Crippen molar-refractivity contribution in [1.29, 1.82) is 0 Å². The molecular formula is C30H25IN2O3. The van der Waals surface area contributed by atoms with E-state index in [2.05, 4.69) is 64.9 Å². The van der Waals surface area contributed by atoms with Gasteiger partial charge in [0.1, 0.15) is 11.5 Å². The van der Waals surface area contributed by atoms with Crippen molar-refractivity contribution in [3.8, 4) is 11.5 Å². The number of para-hydroxylation sites is 1. The molecule has 4 aromatic carbocycles. The number of hydrogen-bond acceptors (Lipinski definition) is 5. The first kappa shape index (κ1) is 22.9. The van der Waals surface area contributed by atoms with E-state index < -0.39 is 5.60 Å². The highest BCUT2D eigenvalue weighted by Gasteiger charge is 2.53. The van der Waals surface area contributed by atoms with Gasteiger partial charge in [-0.3, -0.25) is 0 Å². The van der Waals surface area contributed by atoms with Crippen molar-refractivity contribution < 1.29 is 14.3 Å². The number of esters is 1. The van der Waals surface area contributed by atoms with Crippen molar-refractivity contribution in [2.45, 2.75) is 19.4 Å². The summed E-state index contributed by atoms with van der Waals surface area (Å²) in [6.07, 6.45) is 0. The Morgan fingerprint density at radius 1 is 0.833 bits per heavy atom. The molecule has 0 amide bonds. The molecule has 4 aromatic rings. The lowest BCUT2D eigenvalue weighted by atomic mass is 9.77. The zero-order valence-corrected chi connectivity index (χ0v) is 22.2. The molecule has 6 rings (SSSR count). The largest absolute Gasteiger partial charge is 0.456 e. The van der Waals surface area contributed by atoms with Gasteiger partial charge in [-0.05, 0) is 78.9 Å². The fraction of sp³-hybridized carbons (Fsp3) is 0.167. The van der Waals surface area contributed by atoms with Crippen LogP contribution in [0, 0.1) is 3.57 Å². The van der Waals surface area contributed by atoms with Gasteiger partial charge >= 0.3 is 5.97 Å². The van der Waals surface area contributed by atoms with Crippen LogP contribution in [-0.4, -0.2) is 19.1 Å². The molecule has 1 spiro atoms. The molecule has 1 N–H and O–H groups in total. The van der Waals surface area contributed by atoms with Gasteiger partial charge in [-0.2, -0.15) is 0 Å². The van der Waals surface area contributed by atoms with Gasteiger partial charge in [-0.25, -0.2) is 4.79 Å². The van der Waals surface area contributed by atoms with Gasteiger partial charge in [0.15, 0.2) is 5.60 Å². The molecule has 0 fully saturated rings. The molecule has 0 saturated heterocycles. The number of hydrogen-bond donors (Lipinski definition) is 1. The molecule has 0 aromatic heterocycles. The molecule has 180 valence electrons. The summed E-state index contributed by atoms with van der Waals surface area (Å²) < 4.78 is 13.9. The summed E-state index contributed by atoms with van der Waals surface area (Å²) in [4.78, 5) is 15.5. The first-order valence-corrected chi connectivity index (χ1v) is 13.2. The van der Waals surface area contributed by atoms with E-state index in [9.17, 15) is 4.79 Å². The molecule has 5 nitrogen and oxygen atoms in total. The minimum absolute atomic E-state index is 0.326. The Balaban J connectivity index is 1.58. The minimum Gasteiger partial charge on any atom is -0.456 e. The third kappa shape index (κ3) is 3.46. The normalized spacial score (nSPS) is 17.0. The van der Waals surface area contributed by atoms with E-state index in [1.54, 1.807) is 0 Å². The molecule has 6 heteroatoms. The SMILES string of the molecule is CCN(CC)c1ccc2c(c1)Oc1cc(I)c(Nc3ccccc3)cc1C21OC(=O)c2ccccc21. The highest BCUT2D eigenvalue weighted by molar-refractivity contribution is 14.1. The zero-order valence-electron chi connectivity index (χ0n) is 20.0. The molecular weight excluding hydrogens is 563 g/mol. The second-order valence-electron chi connectivity index (χ2n) is 8.89. The van der Waals surface area contributed by atoms with Crippen LogP contribution in [0.5, 0.6) is 11.5 Å². The first-order valence-electron chi connectivity index (χ1n) is 12.1. The Morgan fingerprint density at radius 3 is 2.33 bits per heavy atom. The summed E-state index contributed by atoms with van der Waals surface area (Å²) in [6.45, 7) is 6.06. The van der Waals surface area contributed by atoms with E-state index in [-0.39, 0.29) is 5.97 Å². The maximum absolute atomic E-state index is 13.2. The Bertz CT molecular complexity index is 1480. The molecule has 0 saturated carbocycles. The van der Waals surface area contributed by atoms with Gasteiger partial charge in [0.05, 0.1) is 11.3 Å². The van der Waals surface area contributed by atoms with Crippen LogP contribution in [0.3, 0.4) is 0 Å². The van der Waals surface area contributed by atoms with E-state index in [0.717, 1.165) is 50.4 Å². The monoisotopic (exact) mass is 588 g/mol. The lowest BCUT2D eigenvalue weighted by Crippen LogP contribution is -2.33. The number of carbonyl (C=O) groups is 1. The molecule has 1 atom stereocenters. The Hall–Kier alpha value is -3.52. The number of rotatable bonds is 5. The van der Waals surface area contributed by atoms with Gasteiger partial charge in [0, 0.05) is 50.8 Å². The highest BCUT2D eigenvalue weighted by Crippen LogP contribution is 2.57. The predicted octanol–water partition coefficient (Wildman–Crippen LogP) is 7.45. The summed E-state index contributed by atoms with van der Waals surface area (Å²) in [5.74, 6) is 1.07. The second kappa shape index (κ2) is 8.85. The van der Waals surface area contributed by atoms with Gasteiger partial charge in [0.25, 0.3) is 0 Å². The topological polar surface area (TPSA) is 50.8 Å². The fourth-order valence-corrected chi connectivity index (χ4v) is 5.81. The number of ether oxygens (including phenoxy) is 2. The van der Waals surface area contributed by atoms with Crippen LogP contribution >= 0.6 is 22.6 Å². The number of carbonyl (C=O) groups excluding carboxylic acids is 1. The average molecular weight is 588 g/mol. The van der Waals surface area contributed by atoms with E-state index in [0.29, 0.717) is 17.1 Å². The molecule has 2 aliphatic rings. The van der Waals surface area contributed by atoms with Crippen molar-refractivity contribution in [3.05, 3.63) is 111 Å². The van der Waals surface area contributed by atoms with E-state index in [1.165, 1.54) is 0 Å². The maximum atomic E-state index is 13.2. The molecule has 36 heavy (non-hydrogen) atoms. The molecule has 0 bridgehead atoms. The first-order chi connectivity index (χ1) is 17.5. The standard InChI is InChI=1S/C30H25IN2O3/c1-3-33(4-2)20-14-15-23-27(16-20)35-28-18-25(31)26(32-19-10-6-5-7-11-19)17-24(28)30(23)22-13-9-8-12-21(22)29(34)36-30/h5-18,32H,3-4H2,1-2H3. The fourth-order valence-electron chi connectivity index (χ4n) is 5.24. The van der Waals surface area contributed by atoms with E-state index >= 15 is 0 Å². The molecule has 2 aliphatic heterocycles. The molecule has 1 unspecified atom stereocenters. The predicted molar refractivity (Wildman–Crippen MR) is 151 cm³/mol. The van der Waals surface area contributed by atoms with Crippen molar-refractivity contribution in [1.82, 2.24) is 0 Å². The Morgan fingerprint density at radius 2 is 1.56 bits per heavy atom. The van der Waals surface area contributed by atoms with Gasteiger partial charge in [0.2, 0.25) is 0 Å². The average Bonchev–Trinajstić information content (AvgIpc) is 3.19. The van der Waals surface area contributed by atoms with Crippen LogP contribution in [0.2, 0.25) is 0 Å². The summed E-state index contributed by atoms with van der Waals surface area (Å²) in [6, 6.07) is 28.0. The van der Waals surface area contributed by atoms with Crippen LogP contribution < -0.4 is 15.0 Å². The Kier molecular flexibility index (Phi) is 5.63. The van der Waals surface area contributed by atoms with Crippen LogP contribution in [0.4, 0.5) is 17.1 Å². The zero-order chi connectivity index (χ0) is 24.9. The lowest BCUT2D eigenvalue weighted by Gasteiger charge is -2.37. The number of fused-ring (bicyclic) bond motifs is 6. The quantitative estimate of drug-likeness (QED) is 0.194. The van der Waals surface area contributed by atoms with Crippen LogP contribution in [0.25, 0.3) is 0 Å². The Labute approximate surface area is 224 Å². The van der Waals surface area contributed by atoms with Gasteiger partial charge < -0.3 is 19.7 Å². The number of benzene rings is 4. The number of nitrogens with one attached hydrogen (secondary N) is 1. The van der Waals surface area contributed by atoms with Crippen LogP contribution in [-0.2, 0) is 10.3 Å². The van der Waals surface area contributed by atoms with Crippen molar-refractivity contribution in [2.24, 2.45) is 0 Å². The molecule has 2 heterocycles. The second-order valence-corrected chi connectivity index (χ2v) is 10.1. The van der Waals surface area contributed by atoms with Crippen molar-refractivity contribution in [3.63, 3.8) is 0 Å². The highest BCUT2D eigenvalue weighted by atomic mass is 127. The van der Waals surface area contributed by atoms with E-state index in [1.807, 2.05) is 66.7 Å². The summed E-state index contributed by atoms with van der Waals surface area (Å²) in [5, 5.41) is 3.52. The number of nitrogens with zero attached hydrogens (tertiary/aromatic N) is 1. The number of anilines is 3. The maximum Gasteiger partial charge on any atom is 0.340 e. The third-order valence-corrected chi connectivity index (χ3v) is 7.86. The van der Waals surface area contributed by atoms with Gasteiger partial charge in [-0.15, -0.1) is 0 Å². The summed E-state index contributed by atoms with van der Waals surface area (Å²) in [7, 11) is 0. The minimum atomic E-state index is -1.09. The van der Waals surface area contributed by atoms with Crippen LogP contribution in [0.15, 0.2) is 84.9 Å². The molecule has 0 aliphatic carbocycles. The van der Waals surface area contributed by atoms with Crippen molar-refractivity contribution in [2.75, 3.05) is 23.3 Å². The van der Waals surface area contributed by atoms with E-state index in [4.69, 9.17) is 9.47 Å².